The average Bonchev–Trinajstić information content (AvgIpc) is 2.63. The number of hydrogen-bond acceptors (Lipinski definition) is 3. The molecule has 17 heavy (non-hydrogen) atoms. The zero-order valence-corrected chi connectivity index (χ0v) is 11.4. The topological polar surface area (TPSA) is 34.1 Å². The lowest BCUT2D eigenvalue weighted by molar-refractivity contribution is 0.601. The summed E-state index contributed by atoms with van der Waals surface area (Å²) in [6.07, 6.45) is 1.94. The zero-order valence-electron chi connectivity index (χ0n) is 9.80. The van der Waals surface area contributed by atoms with Gasteiger partial charge in [0.1, 0.15) is 0 Å². The molecule has 0 N–H and O–H groups in total. The van der Waals surface area contributed by atoms with Crippen LogP contribution in [0.15, 0.2) is 41.3 Å². The lowest BCUT2D eigenvalue weighted by Crippen LogP contribution is -2.02. The summed E-state index contributed by atoms with van der Waals surface area (Å²) in [7, 11) is -3.14. The molecule has 0 aliphatic rings. The Hall–Kier alpha value is -1.13. The molecule has 0 fully saturated rings. The summed E-state index contributed by atoms with van der Waals surface area (Å²) >= 11 is 1.71. The van der Waals surface area contributed by atoms with Gasteiger partial charge in [-0.3, -0.25) is 0 Å². The van der Waals surface area contributed by atoms with Crippen molar-refractivity contribution in [1.29, 1.82) is 0 Å². The second-order valence-corrected chi connectivity index (χ2v) is 7.43. The molecule has 0 radical (unpaired) electrons. The summed E-state index contributed by atoms with van der Waals surface area (Å²) in [5.41, 5.74) is 0.872. The van der Waals surface area contributed by atoms with Gasteiger partial charge >= 0.3 is 0 Å². The van der Waals surface area contributed by atoms with Crippen molar-refractivity contribution in [2.45, 2.75) is 18.2 Å². The van der Waals surface area contributed by atoms with Gasteiger partial charge in [-0.15, -0.1) is 11.3 Å². The summed E-state index contributed by atoms with van der Waals surface area (Å²) in [5.74, 6) is 0. The first-order chi connectivity index (χ1) is 7.97. The van der Waals surface area contributed by atoms with Crippen molar-refractivity contribution in [2.24, 2.45) is 0 Å². The van der Waals surface area contributed by atoms with Gasteiger partial charge in [0.05, 0.1) is 4.90 Å². The highest BCUT2D eigenvalue weighted by Crippen LogP contribution is 2.23. The first-order valence-corrected chi connectivity index (χ1v) is 8.01. The number of rotatable bonds is 3. The predicted molar refractivity (Wildman–Crippen MR) is 71.4 cm³/mol. The van der Waals surface area contributed by atoms with Crippen LogP contribution in [-0.4, -0.2) is 14.7 Å². The fraction of sp³-hybridized carbons (Fsp3) is 0.231. The molecule has 0 saturated carbocycles. The summed E-state index contributed by atoms with van der Waals surface area (Å²) < 4.78 is 23.3. The maximum absolute atomic E-state index is 11.7. The van der Waals surface area contributed by atoms with Gasteiger partial charge in [0.15, 0.2) is 9.84 Å². The minimum Gasteiger partial charge on any atom is -0.224 e. The molecule has 90 valence electrons. The Morgan fingerprint density at radius 1 is 1.12 bits per heavy atom. The minimum absolute atomic E-state index is 0.436. The van der Waals surface area contributed by atoms with Crippen molar-refractivity contribution in [3.8, 4) is 0 Å². The normalized spacial score (nSPS) is 11.6. The Labute approximate surface area is 106 Å². The molecule has 1 heterocycles. The largest absolute Gasteiger partial charge is 0.224 e. The maximum atomic E-state index is 11.7. The summed E-state index contributed by atoms with van der Waals surface area (Å²) in [5, 5.41) is 0. The van der Waals surface area contributed by atoms with Gasteiger partial charge in [0.25, 0.3) is 0 Å². The van der Waals surface area contributed by atoms with Crippen molar-refractivity contribution in [1.82, 2.24) is 0 Å². The van der Waals surface area contributed by atoms with Gasteiger partial charge in [-0.2, -0.15) is 0 Å². The molecule has 2 rings (SSSR count). The summed E-state index contributed by atoms with van der Waals surface area (Å²) in [4.78, 5) is 2.88. The molecular weight excluding hydrogens is 252 g/mol. The third-order valence-electron chi connectivity index (χ3n) is 2.53. The third kappa shape index (κ3) is 2.96. The lowest BCUT2D eigenvalue weighted by Gasteiger charge is -2.06. The van der Waals surface area contributed by atoms with E-state index in [0.29, 0.717) is 11.3 Å². The Kier molecular flexibility index (Phi) is 3.35. The second kappa shape index (κ2) is 4.63. The molecule has 0 atom stereocenters. The fourth-order valence-electron chi connectivity index (χ4n) is 1.78. The smallest absolute Gasteiger partial charge is 0.175 e. The van der Waals surface area contributed by atoms with Crippen molar-refractivity contribution in [3.05, 3.63) is 51.7 Å². The van der Waals surface area contributed by atoms with E-state index in [-0.39, 0.29) is 0 Å². The molecule has 2 nitrogen and oxygen atoms in total. The molecule has 1 aromatic heterocycles. The zero-order chi connectivity index (χ0) is 12.5. The van der Waals surface area contributed by atoms with Gasteiger partial charge in [-0.25, -0.2) is 8.42 Å². The Balaban J connectivity index is 2.40. The maximum Gasteiger partial charge on any atom is 0.175 e. The molecule has 0 spiro atoms. The van der Waals surface area contributed by atoms with Crippen LogP contribution in [0.2, 0.25) is 0 Å². The second-order valence-electron chi connectivity index (χ2n) is 4.07. The molecule has 0 aliphatic heterocycles. The molecule has 4 heteroatoms. The number of benzene rings is 1. The molecule has 0 amide bonds. The summed E-state index contributed by atoms with van der Waals surface area (Å²) in [6, 6.07) is 11.3. The summed E-state index contributed by atoms with van der Waals surface area (Å²) in [6.45, 7) is 2.05. The van der Waals surface area contributed by atoms with Crippen LogP contribution in [0.3, 0.4) is 0 Å². The van der Waals surface area contributed by atoms with Crippen LogP contribution in [0.5, 0.6) is 0 Å². The van der Waals surface area contributed by atoms with Crippen LogP contribution in [0.4, 0.5) is 0 Å². The predicted octanol–water partition coefficient (Wildman–Crippen LogP) is 3.05. The Bertz CT molecular complexity index is 624. The highest BCUT2D eigenvalue weighted by atomic mass is 32.2. The van der Waals surface area contributed by atoms with Gasteiger partial charge in [0.2, 0.25) is 0 Å². The van der Waals surface area contributed by atoms with Crippen LogP contribution in [-0.2, 0) is 16.3 Å². The molecule has 0 unspecified atom stereocenters. The monoisotopic (exact) mass is 266 g/mol. The van der Waals surface area contributed by atoms with E-state index < -0.39 is 9.84 Å². The highest BCUT2D eigenvalue weighted by Gasteiger charge is 2.12. The molecular formula is C13H14O2S2. The number of aryl methyl sites for hydroxylation is 1. The van der Waals surface area contributed by atoms with E-state index in [1.807, 2.05) is 12.1 Å². The van der Waals surface area contributed by atoms with Crippen LogP contribution >= 0.6 is 11.3 Å². The van der Waals surface area contributed by atoms with Crippen LogP contribution in [0, 0.1) is 6.92 Å². The minimum atomic E-state index is -3.14. The quantitative estimate of drug-likeness (QED) is 0.855. The Morgan fingerprint density at radius 3 is 2.41 bits per heavy atom. The van der Waals surface area contributed by atoms with Gasteiger partial charge in [-0.05, 0) is 30.7 Å². The number of hydrogen-bond donors (Lipinski definition) is 0. The van der Waals surface area contributed by atoms with E-state index in [9.17, 15) is 8.42 Å². The van der Waals surface area contributed by atoms with E-state index in [1.165, 1.54) is 16.0 Å². The first kappa shape index (κ1) is 12.3. The molecule has 0 bridgehead atoms. The standard InChI is InChI=1S/C13H14O2S2/c1-10-7-8-12(16-10)9-11-5-3-4-6-13(11)17(2,14)15/h3-8H,9H2,1-2H3. The van der Waals surface area contributed by atoms with Crippen molar-refractivity contribution >= 4 is 21.2 Å². The fourth-order valence-corrected chi connectivity index (χ4v) is 3.64. The third-order valence-corrected chi connectivity index (χ3v) is 4.73. The molecule has 2 aromatic rings. The van der Waals surface area contributed by atoms with Gasteiger partial charge in [-0.1, -0.05) is 18.2 Å². The van der Waals surface area contributed by atoms with Gasteiger partial charge in [0, 0.05) is 22.4 Å². The van der Waals surface area contributed by atoms with E-state index in [0.717, 1.165) is 5.56 Å². The van der Waals surface area contributed by atoms with Crippen molar-refractivity contribution < 1.29 is 8.42 Å². The van der Waals surface area contributed by atoms with Gasteiger partial charge < -0.3 is 0 Å². The number of sulfone groups is 1. The SMILES string of the molecule is Cc1ccc(Cc2ccccc2S(C)(=O)=O)s1. The van der Waals surface area contributed by atoms with E-state index >= 15 is 0 Å². The molecule has 0 saturated heterocycles. The van der Waals surface area contributed by atoms with Crippen LogP contribution in [0.25, 0.3) is 0 Å². The van der Waals surface area contributed by atoms with Crippen molar-refractivity contribution in [2.75, 3.05) is 6.26 Å². The average molecular weight is 266 g/mol. The van der Waals surface area contributed by atoms with Crippen molar-refractivity contribution in [3.63, 3.8) is 0 Å². The molecule has 1 aromatic carbocycles. The van der Waals surface area contributed by atoms with Crippen LogP contribution < -0.4 is 0 Å². The van der Waals surface area contributed by atoms with E-state index in [2.05, 4.69) is 19.1 Å². The lowest BCUT2D eigenvalue weighted by atomic mass is 10.1. The Morgan fingerprint density at radius 2 is 1.82 bits per heavy atom. The first-order valence-electron chi connectivity index (χ1n) is 5.30. The highest BCUT2D eigenvalue weighted by molar-refractivity contribution is 7.90. The van der Waals surface area contributed by atoms with E-state index in [1.54, 1.807) is 23.5 Å². The van der Waals surface area contributed by atoms with Crippen LogP contribution in [0.1, 0.15) is 15.3 Å². The molecule has 0 aliphatic carbocycles. The number of thiophene rings is 1. The van der Waals surface area contributed by atoms with E-state index in [4.69, 9.17) is 0 Å².